The van der Waals surface area contributed by atoms with E-state index in [9.17, 15) is 14.7 Å². The maximum absolute atomic E-state index is 15.1. The number of pyridine rings is 1. The van der Waals surface area contributed by atoms with E-state index in [1.165, 1.54) is 13.3 Å². The van der Waals surface area contributed by atoms with E-state index in [0.29, 0.717) is 37.3 Å². The molecule has 1 atom stereocenters. The Hall–Kier alpha value is -2.65. The molecule has 3 N–H and O–H groups in total. The van der Waals surface area contributed by atoms with Crippen LogP contribution in [0.5, 0.6) is 0 Å². The largest absolute Gasteiger partial charge is 0.477 e. The number of hydrogen-bond acceptors (Lipinski definition) is 6. The van der Waals surface area contributed by atoms with Crippen molar-refractivity contribution in [2.45, 2.75) is 32.2 Å². The lowest BCUT2D eigenvalue weighted by atomic mass is 9.79. The van der Waals surface area contributed by atoms with Crippen molar-refractivity contribution in [3.63, 3.8) is 0 Å². The smallest absolute Gasteiger partial charge is 0.341 e. The maximum atomic E-state index is 15.1. The van der Waals surface area contributed by atoms with Crippen LogP contribution >= 0.6 is 12.4 Å². The van der Waals surface area contributed by atoms with Crippen LogP contribution in [0.3, 0.4) is 0 Å². The molecule has 0 spiro atoms. The molecule has 0 amide bonds. The zero-order valence-electron chi connectivity index (χ0n) is 17.4. The number of rotatable bonds is 5. The van der Waals surface area contributed by atoms with Crippen molar-refractivity contribution < 1.29 is 19.1 Å². The standard InChI is InChI=1S/C21H25FN4O4.ClH/c1-21(10-23)11-25(6-5-18(21)24-30-2)17-8-16-13(7-15(17)22)19(27)14(20(28)29)9-26(16)12-3-4-12;/h7-9,12H,3-6,10-11,23H2,1-2H3,(H,28,29);1H/b24-18-;. The lowest BCUT2D eigenvalue weighted by Gasteiger charge is -2.41. The minimum atomic E-state index is -1.31. The van der Waals surface area contributed by atoms with Crippen molar-refractivity contribution in [3.05, 3.63) is 39.9 Å². The number of anilines is 1. The van der Waals surface area contributed by atoms with Gasteiger partial charge in [-0.15, -0.1) is 12.4 Å². The molecule has 0 radical (unpaired) electrons. The van der Waals surface area contributed by atoms with Gasteiger partial charge in [0, 0.05) is 49.1 Å². The average Bonchev–Trinajstić information content (AvgIpc) is 3.55. The summed E-state index contributed by atoms with van der Waals surface area (Å²) in [5.41, 5.74) is 6.29. The molecule has 2 fully saturated rings. The van der Waals surface area contributed by atoms with Crippen LogP contribution in [0, 0.1) is 11.2 Å². The Bertz CT molecular complexity index is 1110. The molecule has 168 valence electrons. The van der Waals surface area contributed by atoms with Crippen molar-refractivity contribution >= 4 is 40.7 Å². The monoisotopic (exact) mass is 452 g/mol. The molecule has 1 aromatic heterocycles. The first-order chi connectivity index (χ1) is 14.3. The average molecular weight is 453 g/mol. The van der Waals surface area contributed by atoms with Gasteiger partial charge < -0.3 is 25.1 Å². The fourth-order valence-electron chi connectivity index (χ4n) is 4.20. The first-order valence-electron chi connectivity index (χ1n) is 9.96. The fraction of sp³-hybridized carbons (Fsp3) is 0.476. The molecule has 10 heteroatoms. The molecule has 1 saturated carbocycles. The van der Waals surface area contributed by atoms with Gasteiger partial charge in [0.2, 0.25) is 5.43 Å². The molecule has 1 aromatic carbocycles. The number of piperidine rings is 1. The Labute approximate surface area is 184 Å². The first kappa shape index (κ1) is 23.0. The number of aromatic nitrogens is 1. The second-order valence-corrected chi connectivity index (χ2v) is 8.29. The van der Waals surface area contributed by atoms with Gasteiger partial charge in [-0.3, -0.25) is 4.79 Å². The molecular formula is C21H26ClFN4O4. The van der Waals surface area contributed by atoms with E-state index in [-0.39, 0.29) is 29.4 Å². The van der Waals surface area contributed by atoms with Crippen molar-refractivity contribution in [1.29, 1.82) is 0 Å². The number of halogens is 2. The van der Waals surface area contributed by atoms with Crippen LogP contribution in [0.2, 0.25) is 0 Å². The van der Waals surface area contributed by atoms with Crippen LogP contribution in [0.4, 0.5) is 10.1 Å². The number of fused-ring (bicyclic) bond motifs is 1. The summed E-state index contributed by atoms with van der Waals surface area (Å²) in [6.45, 7) is 3.28. The highest BCUT2D eigenvalue weighted by molar-refractivity contribution is 5.94. The van der Waals surface area contributed by atoms with Gasteiger partial charge in [0.25, 0.3) is 0 Å². The van der Waals surface area contributed by atoms with E-state index in [4.69, 9.17) is 10.6 Å². The molecule has 1 unspecified atom stereocenters. The van der Waals surface area contributed by atoms with Crippen LogP contribution < -0.4 is 16.1 Å². The summed E-state index contributed by atoms with van der Waals surface area (Å²) in [5, 5.41) is 13.6. The van der Waals surface area contributed by atoms with Gasteiger partial charge in [-0.1, -0.05) is 12.1 Å². The van der Waals surface area contributed by atoms with Crippen molar-refractivity contribution in [2.75, 3.05) is 31.6 Å². The van der Waals surface area contributed by atoms with Gasteiger partial charge in [0.15, 0.2) is 0 Å². The Morgan fingerprint density at radius 3 is 2.71 bits per heavy atom. The summed E-state index contributed by atoms with van der Waals surface area (Å²) in [4.78, 5) is 31.0. The van der Waals surface area contributed by atoms with Crippen LogP contribution in [0.15, 0.2) is 28.3 Å². The highest BCUT2D eigenvalue weighted by Crippen LogP contribution is 2.39. The summed E-state index contributed by atoms with van der Waals surface area (Å²) in [6, 6.07) is 2.95. The van der Waals surface area contributed by atoms with Gasteiger partial charge in [0.1, 0.15) is 18.5 Å². The maximum Gasteiger partial charge on any atom is 0.341 e. The van der Waals surface area contributed by atoms with E-state index in [0.717, 1.165) is 24.6 Å². The van der Waals surface area contributed by atoms with E-state index in [1.54, 1.807) is 10.6 Å². The van der Waals surface area contributed by atoms with Gasteiger partial charge in [-0.25, -0.2) is 9.18 Å². The molecule has 0 bridgehead atoms. The SMILES string of the molecule is CO/N=C1/CCN(c2cc3c(cc2F)c(=O)c(C(=O)O)cn3C2CC2)CC1(C)CN.Cl. The Morgan fingerprint density at radius 1 is 1.42 bits per heavy atom. The van der Waals surface area contributed by atoms with Crippen molar-refractivity contribution in [2.24, 2.45) is 16.3 Å². The second kappa shape index (κ2) is 8.47. The number of carbonyl (C=O) groups is 1. The minimum Gasteiger partial charge on any atom is -0.477 e. The van der Waals surface area contributed by atoms with Gasteiger partial charge in [-0.2, -0.15) is 0 Å². The molecular weight excluding hydrogens is 427 g/mol. The number of benzene rings is 1. The van der Waals surface area contributed by atoms with Crippen molar-refractivity contribution in [1.82, 2.24) is 4.57 Å². The van der Waals surface area contributed by atoms with E-state index in [1.807, 2.05) is 11.8 Å². The second-order valence-electron chi connectivity index (χ2n) is 8.29. The van der Waals surface area contributed by atoms with Gasteiger partial charge >= 0.3 is 5.97 Å². The van der Waals surface area contributed by atoms with Gasteiger partial charge in [0.05, 0.1) is 16.9 Å². The number of aromatic carboxylic acids is 1. The fourth-order valence-corrected chi connectivity index (χ4v) is 4.20. The summed E-state index contributed by atoms with van der Waals surface area (Å²) in [5.74, 6) is -1.86. The van der Waals surface area contributed by atoms with E-state index >= 15 is 4.39 Å². The predicted octanol–water partition coefficient (Wildman–Crippen LogP) is 2.77. The molecule has 1 aliphatic carbocycles. The number of nitrogens with two attached hydrogens (primary N) is 1. The zero-order chi connectivity index (χ0) is 21.6. The number of nitrogens with zero attached hydrogens (tertiary/aromatic N) is 3. The van der Waals surface area contributed by atoms with Gasteiger partial charge in [-0.05, 0) is 25.0 Å². The molecule has 2 heterocycles. The van der Waals surface area contributed by atoms with E-state index in [2.05, 4.69) is 5.16 Å². The lowest BCUT2D eigenvalue weighted by Crippen LogP contribution is -2.52. The number of hydrogen-bond donors (Lipinski definition) is 2. The zero-order valence-corrected chi connectivity index (χ0v) is 18.2. The highest BCUT2D eigenvalue weighted by atomic mass is 35.5. The third-order valence-corrected chi connectivity index (χ3v) is 6.12. The molecule has 8 nitrogen and oxygen atoms in total. The molecule has 2 aliphatic rings. The number of carboxylic acids is 1. The molecule has 31 heavy (non-hydrogen) atoms. The molecule has 2 aromatic rings. The third kappa shape index (κ3) is 3.99. The van der Waals surface area contributed by atoms with Crippen LogP contribution in [-0.4, -0.2) is 48.1 Å². The number of oxime groups is 1. The minimum absolute atomic E-state index is 0. The first-order valence-corrected chi connectivity index (χ1v) is 9.96. The number of carboxylic acid groups (broad SMARTS) is 1. The van der Waals surface area contributed by atoms with Crippen LogP contribution in [0.25, 0.3) is 10.9 Å². The summed E-state index contributed by atoms with van der Waals surface area (Å²) in [6.07, 6.45) is 3.76. The molecule has 1 aliphatic heterocycles. The Balaban J connectivity index is 0.00000272. The van der Waals surface area contributed by atoms with Crippen molar-refractivity contribution in [3.8, 4) is 0 Å². The topological polar surface area (TPSA) is 110 Å². The predicted molar refractivity (Wildman–Crippen MR) is 119 cm³/mol. The molecule has 4 rings (SSSR count). The Kier molecular flexibility index (Phi) is 6.29. The highest BCUT2D eigenvalue weighted by Gasteiger charge is 2.37. The molecule has 1 saturated heterocycles. The Morgan fingerprint density at radius 2 is 2.13 bits per heavy atom. The lowest BCUT2D eigenvalue weighted by molar-refractivity contribution is 0.0695. The summed E-state index contributed by atoms with van der Waals surface area (Å²) in [7, 11) is 1.49. The van der Waals surface area contributed by atoms with E-state index < -0.39 is 22.6 Å². The normalized spacial score (nSPS) is 22.5. The quantitative estimate of drug-likeness (QED) is 0.675. The van der Waals surface area contributed by atoms with Crippen LogP contribution in [-0.2, 0) is 4.84 Å². The van der Waals surface area contributed by atoms with Crippen LogP contribution in [0.1, 0.15) is 42.6 Å². The summed E-state index contributed by atoms with van der Waals surface area (Å²) >= 11 is 0. The summed E-state index contributed by atoms with van der Waals surface area (Å²) < 4.78 is 16.9. The third-order valence-electron chi connectivity index (χ3n) is 6.12.